The predicted octanol–water partition coefficient (Wildman–Crippen LogP) is 2.54. The lowest BCUT2D eigenvalue weighted by atomic mass is 9.78. The number of nitrogens with two attached hydrogens (primary N) is 1. The fraction of sp³-hybridized carbons (Fsp3) is 0.533. The van der Waals surface area contributed by atoms with Gasteiger partial charge in [0, 0.05) is 5.92 Å². The number of rotatable bonds is 4. The summed E-state index contributed by atoms with van der Waals surface area (Å²) in [6, 6.07) is 5.90. The zero-order chi connectivity index (χ0) is 12.4. The van der Waals surface area contributed by atoms with Gasteiger partial charge in [-0.1, -0.05) is 24.6 Å². The molecule has 1 aliphatic rings. The maximum atomic E-state index is 12.0. The number of aryl methyl sites for hydroxylation is 2. The normalized spacial score (nSPS) is 17.6. The van der Waals surface area contributed by atoms with Crippen molar-refractivity contribution in [3.8, 4) is 0 Å². The van der Waals surface area contributed by atoms with Crippen molar-refractivity contribution >= 4 is 5.78 Å². The number of carbonyl (C=O) groups excluding carboxylic acids is 1. The van der Waals surface area contributed by atoms with E-state index in [1.54, 1.807) is 0 Å². The van der Waals surface area contributed by atoms with E-state index >= 15 is 0 Å². The highest BCUT2D eigenvalue weighted by atomic mass is 16.1. The second-order valence-corrected chi connectivity index (χ2v) is 5.21. The minimum absolute atomic E-state index is 0.245. The molecule has 0 amide bonds. The van der Waals surface area contributed by atoms with Gasteiger partial charge in [0.15, 0.2) is 5.78 Å². The summed E-state index contributed by atoms with van der Waals surface area (Å²) < 4.78 is 0. The number of hydrogen-bond donors (Lipinski definition) is 1. The standard InChI is InChI=1S/C15H21NO/c1-10-5-3-6-11(2)13(10)9-14(16)15(17)12-7-4-8-12/h3,5-6,12,14H,4,7-9,16H2,1-2H3/t14-/m0/s1. The van der Waals surface area contributed by atoms with Gasteiger partial charge in [-0.15, -0.1) is 0 Å². The molecule has 0 saturated heterocycles. The average molecular weight is 231 g/mol. The van der Waals surface area contributed by atoms with Gasteiger partial charge in [-0.3, -0.25) is 4.79 Å². The second-order valence-electron chi connectivity index (χ2n) is 5.21. The molecule has 0 radical (unpaired) electrons. The summed E-state index contributed by atoms with van der Waals surface area (Å²) >= 11 is 0. The van der Waals surface area contributed by atoms with Crippen LogP contribution in [0.15, 0.2) is 18.2 Å². The quantitative estimate of drug-likeness (QED) is 0.865. The van der Waals surface area contributed by atoms with Crippen LogP contribution in [0.25, 0.3) is 0 Å². The number of carbonyl (C=O) groups is 1. The van der Waals surface area contributed by atoms with Crippen LogP contribution >= 0.6 is 0 Å². The van der Waals surface area contributed by atoms with Gasteiger partial charge >= 0.3 is 0 Å². The molecule has 1 aromatic rings. The zero-order valence-electron chi connectivity index (χ0n) is 10.7. The Labute approximate surface area is 103 Å². The van der Waals surface area contributed by atoms with E-state index in [2.05, 4.69) is 26.0 Å². The Hall–Kier alpha value is -1.15. The summed E-state index contributed by atoms with van der Waals surface area (Å²) in [5, 5.41) is 0. The molecule has 1 aliphatic carbocycles. The van der Waals surface area contributed by atoms with Crippen molar-refractivity contribution in [1.82, 2.24) is 0 Å². The molecule has 0 unspecified atom stereocenters. The second kappa shape index (κ2) is 5.01. The highest BCUT2D eigenvalue weighted by Gasteiger charge is 2.29. The molecular weight excluding hydrogens is 210 g/mol. The third-order valence-corrected chi connectivity index (χ3v) is 3.94. The van der Waals surface area contributed by atoms with Gasteiger partial charge in [0.05, 0.1) is 6.04 Å². The third-order valence-electron chi connectivity index (χ3n) is 3.94. The molecule has 17 heavy (non-hydrogen) atoms. The molecule has 0 spiro atoms. The Morgan fingerprint density at radius 2 is 1.94 bits per heavy atom. The molecule has 1 saturated carbocycles. The summed E-state index contributed by atoms with van der Waals surface area (Å²) in [5.74, 6) is 0.508. The Balaban J connectivity index is 2.07. The lowest BCUT2D eigenvalue weighted by Crippen LogP contribution is -2.40. The van der Waals surface area contributed by atoms with E-state index in [0.29, 0.717) is 6.42 Å². The van der Waals surface area contributed by atoms with Crippen LogP contribution in [-0.4, -0.2) is 11.8 Å². The van der Waals surface area contributed by atoms with Gasteiger partial charge < -0.3 is 5.73 Å². The van der Waals surface area contributed by atoms with Crippen LogP contribution in [0.4, 0.5) is 0 Å². The van der Waals surface area contributed by atoms with Crippen LogP contribution in [0.1, 0.15) is 36.0 Å². The Kier molecular flexibility index (Phi) is 3.63. The van der Waals surface area contributed by atoms with E-state index in [0.717, 1.165) is 12.8 Å². The molecule has 1 atom stereocenters. The summed E-state index contributed by atoms with van der Waals surface area (Å²) in [6.45, 7) is 4.17. The van der Waals surface area contributed by atoms with Crippen molar-refractivity contribution in [3.05, 3.63) is 34.9 Å². The van der Waals surface area contributed by atoms with E-state index < -0.39 is 0 Å². The summed E-state index contributed by atoms with van der Waals surface area (Å²) in [4.78, 5) is 12.0. The van der Waals surface area contributed by atoms with Crippen LogP contribution in [0.3, 0.4) is 0 Å². The van der Waals surface area contributed by atoms with Crippen molar-refractivity contribution in [3.63, 3.8) is 0 Å². The number of benzene rings is 1. The molecule has 2 heteroatoms. The molecule has 1 fully saturated rings. The Morgan fingerprint density at radius 3 is 2.41 bits per heavy atom. The van der Waals surface area contributed by atoms with Crippen molar-refractivity contribution in [2.75, 3.05) is 0 Å². The van der Waals surface area contributed by atoms with Crippen LogP contribution in [0.2, 0.25) is 0 Å². The predicted molar refractivity (Wildman–Crippen MR) is 69.9 cm³/mol. The van der Waals surface area contributed by atoms with Crippen LogP contribution in [0.5, 0.6) is 0 Å². The molecule has 0 aromatic heterocycles. The molecule has 2 N–H and O–H groups in total. The van der Waals surface area contributed by atoms with Gasteiger partial charge in [-0.2, -0.15) is 0 Å². The van der Waals surface area contributed by atoms with Crippen molar-refractivity contribution in [2.45, 2.75) is 45.6 Å². The number of hydrogen-bond acceptors (Lipinski definition) is 2. The first-order valence-corrected chi connectivity index (χ1v) is 6.44. The summed E-state index contributed by atoms with van der Waals surface area (Å²) in [6.07, 6.45) is 3.96. The van der Waals surface area contributed by atoms with Crippen molar-refractivity contribution < 1.29 is 4.79 Å². The molecule has 2 nitrogen and oxygen atoms in total. The van der Waals surface area contributed by atoms with Crippen molar-refractivity contribution in [1.29, 1.82) is 0 Å². The van der Waals surface area contributed by atoms with E-state index in [1.807, 2.05) is 6.07 Å². The molecule has 0 aliphatic heterocycles. The topological polar surface area (TPSA) is 43.1 Å². The van der Waals surface area contributed by atoms with E-state index in [9.17, 15) is 4.79 Å². The van der Waals surface area contributed by atoms with E-state index in [-0.39, 0.29) is 17.7 Å². The highest BCUT2D eigenvalue weighted by molar-refractivity contribution is 5.87. The Morgan fingerprint density at radius 1 is 1.35 bits per heavy atom. The molecule has 92 valence electrons. The van der Waals surface area contributed by atoms with Crippen LogP contribution in [0, 0.1) is 19.8 Å². The molecule has 0 bridgehead atoms. The average Bonchev–Trinajstić information content (AvgIpc) is 2.21. The van der Waals surface area contributed by atoms with Gasteiger partial charge in [0.2, 0.25) is 0 Å². The third kappa shape index (κ3) is 2.58. The monoisotopic (exact) mass is 231 g/mol. The van der Waals surface area contributed by atoms with Crippen LogP contribution in [-0.2, 0) is 11.2 Å². The van der Waals surface area contributed by atoms with Gasteiger partial charge in [-0.25, -0.2) is 0 Å². The first kappa shape index (κ1) is 12.3. The highest BCUT2D eigenvalue weighted by Crippen LogP contribution is 2.28. The fourth-order valence-electron chi connectivity index (χ4n) is 2.49. The van der Waals surface area contributed by atoms with Crippen LogP contribution < -0.4 is 5.73 Å². The molecular formula is C15H21NO. The van der Waals surface area contributed by atoms with E-state index in [4.69, 9.17) is 5.73 Å². The zero-order valence-corrected chi connectivity index (χ0v) is 10.7. The fourth-order valence-corrected chi connectivity index (χ4v) is 2.49. The lowest BCUT2D eigenvalue weighted by Gasteiger charge is -2.27. The smallest absolute Gasteiger partial charge is 0.152 e. The summed E-state index contributed by atoms with van der Waals surface area (Å²) in [5.41, 5.74) is 9.77. The maximum Gasteiger partial charge on any atom is 0.152 e. The van der Waals surface area contributed by atoms with Gasteiger partial charge in [-0.05, 0) is 49.8 Å². The molecule has 2 rings (SSSR count). The maximum absolute atomic E-state index is 12.0. The summed E-state index contributed by atoms with van der Waals surface area (Å²) in [7, 11) is 0. The number of ketones is 1. The lowest BCUT2D eigenvalue weighted by molar-refractivity contribution is -0.126. The first-order valence-electron chi connectivity index (χ1n) is 6.44. The molecule has 0 heterocycles. The Bertz CT molecular complexity index is 401. The first-order chi connectivity index (χ1) is 8.09. The molecule has 1 aromatic carbocycles. The van der Waals surface area contributed by atoms with Crippen molar-refractivity contribution in [2.24, 2.45) is 11.7 Å². The minimum atomic E-state index is -0.319. The minimum Gasteiger partial charge on any atom is -0.321 e. The number of Topliss-reactive ketones (excluding diaryl/α,β-unsaturated/α-hetero) is 1. The van der Waals surface area contributed by atoms with Gasteiger partial charge in [0.1, 0.15) is 0 Å². The largest absolute Gasteiger partial charge is 0.321 e. The SMILES string of the molecule is Cc1cccc(C)c1C[C@H](N)C(=O)C1CCC1. The van der Waals surface area contributed by atoms with Gasteiger partial charge in [0.25, 0.3) is 0 Å². The van der Waals surface area contributed by atoms with E-state index in [1.165, 1.54) is 23.1 Å².